The minimum absolute atomic E-state index is 0.0621. The Labute approximate surface area is 155 Å². The van der Waals surface area contributed by atoms with E-state index in [0.29, 0.717) is 0 Å². The summed E-state index contributed by atoms with van der Waals surface area (Å²) in [5.41, 5.74) is -1.46. The van der Waals surface area contributed by atoms with Crippen molar-refractivity contribution in [2.45, 2.75) is 6.18 Å². The lowest BCUT2D eigenvalue weighted by Crippen LogP contribution is -2.15. The lowest BCUT2D eigenvalue weighted by molar-refractivity contribution is -0.137. The summed E-state index contributed by atoms with van der Waals surface area (Å²) in [5, 5.41) is 4.65. The minimum Gasteiger partial charge on any atom is -0.324 e. The molecule has 3 rings (SSSR count). The summed E-state index contributed by atoms with van der Waals surface area (Å²) in [5.74, 6) is -2.81. The topological polar surface area (TPSA) is 66.9 Å². The molecule has 10 heteroatoms. The molecule has 0 spiro atoms. The van der Waals surface area contributed by atoms with E-state index in [2.05, 4.69) is 20.6 Å². The Kier molecular flexibility index (Phi) is 5.21. The molecule has 0 radical (unpaired) electrons. The zero-order chi connectivity index (χ0) is 20.3. The molecule has 144 valence electrons. The Bertz CT molecular complexity index is 985. The van der Waals surface area contributed by atoms with E-state index in [0.717, 1.165) is 42.7 Å². The number of amides is 1. The molecular weight excluding hydrogens is 383 g/mol. The molecule has 0 aliphatic rings. The van der Waals surface area contributed by atoms with Gasteiger partial charge in [-0.15, -0.1) is 0 Å². The molecule has 3 aromatic rings. The lowest BCUT2D eigenvalue weighted by Gasteiger charge is -2.10. The van der Waals surface area contributed by atoms with Gasteiger partial charge in [0, 0.05) is 18.1 Å². The molecule has 0 saturated heterocycles. The van der Waals surface area contributed by atoms with Crippen molar-refractivity contribution >= 4 is 23.2 Å². The van der Waals surface area contributed by atoms with E-state index in [1.54, 1.807) is 0 Å². The Morgan fingerprint density at radius 3 is 2.14 bits per heavy atom. The number of carbonyl (C=O) groups is 1. The highest BCUT2D eigenvalue weighted by atomic mass is 19.4. The minimum atomic E-state index is -4.50. The summed E-state index contributed by atoms with van der Waals surface area (Å²) in [7, 11) is 0. The molecule has 0 unspecified atom stereocenters. The maximum atomic E-state index is 13.6. The zero-order valence-corrected chi connectivity index (χ0v) is 13.9. The third kappa shape index (κ3) is 4.40. The SMILES string of the molecule is O=C(Nc1c(F)cccc1F)c1cnc(Nc2cccc(C(F)(F)F)c2)nc1. The van der Waals surface area contributed by atoms with Gasteiger partial charge in [-0.1, -0.05) is 12.1 Å². The molecule has 1 aromatic heterocycles. The van der Waals surface area contributed by atoms with Crippen LogP contribution < -0.4 is 10.6 Å². The molecule has 1 heterocycles. The quantitative estimate of drug-likeness (QED) is 0.626. The number of hydrogen-bond donors (Lipinski definition) is 2. The van der Waals surface area contributed by atoms with Crippen LogP contribution >= 0.6 is 0 Å². The van der Waals surface area contributed by atoms with Crippen molar-refractivity contribution in [1.82, 2.24) is 9.97 Å². The smallest absolute Gasteiger partial charge is 0.324 e. The first-order chi connectivity index (χ1) is 13.2. The molecule has 2 aromatic carbocycles. The zero-order valence-electron chi connectivity index (χ0n) is 13.9. The molecule has 0 atom stereocenters. The van der Waals surface area contributed by atoms with Gasteiger partial charge in [0.15, 0.2) is 0 Å². The Morgan fingerprint density at radius 2 is 1.54 bits per heavy atom. The lowest BCUT2D eigenvalue weighted by atomic mass is 10.2. The van der Waals surface area contributed by atoms with Gasteiger partial charge < -0.3 is 10.6 Å². The number of rotatable bonds is 4. The van der Waals surface area contributed by atoms with Gasteiger partial charge >= 0.3 is 6.18 Å². The normalized spacial score (nSPS) is 11.2. The maximum absolute atomic E-state index is 13.6. The fourth-order valence-corrected chi connectivity index (χ4v) is 2.22. The van der Waals surface area contributed by atoms with E-state index in [1.807, 2.05) is 0 Å². The van der Waals surface area contributed by atoms with Gasteiger partial charge in [-0.25, -0.2) is 18.7 Å². The molecule has 2 N–H and O–H groups in total. The van der Waals surface area contributed by atoms with Crippen LogP contribution in [0.15, 0.2) is 54.9 Å². The van der Waals surface area contributed by atoms with Crippen molar-refractivity contribution in [3.05, 3.63) is 77.6 Å². The maximum Gasteiger partial charge on any atom is 0.416 e. The summed E-state index contributed by atoms with van der Waals surface area (Å²) < 4.78 is 65.3. The molecule has 1 amide bonds. The number of halogens is 5. The van der Waals surface area contributed by atoms with Crippen LogP contribution in [0.2, 0.25) is 0 Å². The molecule has 5 nitrogen and oxygen atoms in total. The van der Waals surface area contributed by atoms with Crippen molar-refractivity contribution in [3.8, 4) is 0 Å². The van der Waals surface area contributed by atoms with Crippen molar-refractivity contribution in [2.75, 3.05) is 10.6 Å². The van der Waals surface area contributed by atoms with Gasteiger partial charge in [-0.05, 0) is 30.3 Å². The molecule has 0 aliphatic heterocycles. The summed E-state index contributed by atoms with van der Waals surface area (Å²) in [6.07, 6.45) is -2.36. The van der Waals surface area contributed by atoms with Crippen LogP contribution in [0.3, 0.4) is 0 Å². The molecule has 28 heavy (non-hydrogen) atoms. The van der Waals surface area contributed by atoms with E-state index in [-0.39, 0.29) is 17.2 Å². The summed E-state index contributed by atoms with van der Waals surface area (Å²) in [6.45, 7) is 0. The fourth-order valence-electron chi connectivity index (χ4n) is 2.22. The highest BCUT2D eigenvalue weighted by Crippen LogP contribution is 2.31. The van der Waals surface area contributed by atoms with E-state index in [9.17, 15) is 26.7 Å². The number of aromatic nitrogens is 2. The van der Waals surface area contributed by atoms with Crippen LogP contribution in [0.25, 0.3) is 0 Å². The summed E-state index contributed by atoms with van der Waals surface area (Å²) >= 11 is 0. The number of alkyl halides is 3. The number of hydrogen-bond acceptors (Lipinski definition) is 4. The standard InChI is InChI=1S/C18H11F5N4O/c19-13-5-2-6-14(20)15(13)27-16(28)10-8-24-17(25-9-10)26-12-4-1-3-11(7-12)18(21,22)23/h1-9H,(H,27,28)(H,24,25,26). The number of para-hydroxylation sites is 1. The first-order valence-electron chi connectivity index (χ1n) is 7.76. The van der Waals surface area contributed by atoms with Crippen LogP contribution in [0, 0.1) is 11.6 Å². The highest BCUT2D eigenvalue weighted by Gasteiger charge is 2.30. The molecule has 0 bridgehead atoms. The van der Waals surface area contributed by atoms with Crippen LogP contribution in [0.4, 0.5) is 39.3 Å². The van der Waals surface area contributed by atoms with Crippen LogP contribution in [0.1, 0.15) is 15.9 Å². The van der Waals surface area contributed by atoms with Crippen LogP contribution in [-0.4, -0.2) is 15.9 Å². The second-order valence-electron chi connectivity index (χ2n) is 5.55. The summed E-state index contributed by atoms with van der Waals surface area (Å²) in [4.78, 5) is 19.7. The Morgan fingerprint density at radius 1 is 0.929 bits per heavy atom. The van der Waals surface area contributed by atoms with Gasteiger partial charge in [-0.2, -0.15) is 13.2 Å². The molecular formula is C18H11F5N4O. The van der Waals surface area contributed by atoms with Crippen molar-refractivity contribution in [1.29, 1.82) is 0 Å². The number of anilines is 3. The molecule has 0 aliphatic carbocycles. The van der Waals surface area contributed by atoms with Crippen molar-refractivity contribution in [2.24, 2.45) is 0 Å². The average molecular weight is 394 g/mol. The predicted molar refractivity (Wildman–Crippen MR) is 91.1 cm³/mol. The Balaban J connectivity index is 1.72. The fraction of sp³-hybridized carbons (Fsp3) is 0.0556. The second kappa shape index (κ2) is 7.59. The van der Waals surface area contributed by atoms with Crippen molar-refractivity contribution in [3.63, 3.8) is 0 Å². The summed E-state index contributed by atoms with van der Waals surface area (Å²) in [6, 6.07) is 7.52. The Hall–Kier alpha value is -3.56. The van der Waals surface area contributed by atoms with Gasteiger partial charge in [0.2, 0.25) is 5.95 Å². The monoisotopic (exact) mass is 394 g/mol. The molecule has 0 fully saturated rings. The van der Waals surface area contributed by atoms with Crippen LogP contribution in [0.5, 0.6) is 0 Å². The van der Waals surface area contributed by atoms with Gasteiger partial charge in [0.1, 0.15) is 17.3 Å². The van der Waals surface area contributed by atoms with E-state index >= 15 is 0 Å². The first-order valence-corrected chi connectivity index (χ1v) is 7.76. The molecule has 0 saturated carbocycles. The number of benzene rings is 2. The van der Waals surface area contributed by atoms with E-state index < -0.39 is 35.0 Å². The highest BCUT2D eigenvalue weighted by molar-refractivity contribution is 6.04. The van der Waals surface area contributed by atoms with Crippen molar-refractivity contribution < 1.29 is 26.7 Å². The average Bonchev–Trinajstić information content (AvgIpc) is 2.65. The predicted octanol–water partition coefficient (Wildman–Crippen LogP) is 4.77. The van der Waals surface area contributed by atoms with Crippen LogP contribution in [-0.2, 0) is 6.18 Å². The number of carbonyl (C=O) groups excluding carboxylic acids is 1. The van der Waals surface area contributed by atoms with Gasteiger partial charge in [-0.3, -0.25) is 4.79 Å². The van der Waals surface area contributed by atoms with E-state index in [1.165, 1.54) is 12.1 Å². The second-order valence-corrected chi connectivity index (χ2v) is 5.55. The van der Waals surface area contributed by atoms with Gasteiger partial charge in [0.05, 0.1) is 11.1 Å². The van der Waals surface area contributed by atoms with E-state index in [4.69, 9.17) is 0 Å². The first kappa shape index (κ1) is 19.2. The third-order valence-corrected chi connectivity index (χ3v) is 3.56. The third-order valence-electron chi connectivity index (χ3n) is 3.56. The largest absolute Gasteiger partial charge is 0.416 e. The van der Waals surface area contributed by atoms with Gasteiger partial charge in [0.25, 0.3) is 5.91 Å². The number of nitrogens with one attached hydrogen (secondary N) is 2. The number of nitrogens with zero attached hydrogens (tertiary/aromatic N) is 2.